The minimum Gasteiger partial charge on any atom is -0.388 e. The van der Waals surface area contributed by atoms with Crippen LogP contribution in [0.2, 0.25) is 0 Å². The monoisotopic (exact) mass is 267 g/mol. The lowest BCUT2D eigenvalue weighted by Gasteiger charge is -2.39. The highest BCUT2D eigenvalue weighted by molar-refractivity contribution is 5.48. The number of anilines is 1. The van der Waals surface area contributed by atoms with Gasteiger partial charge in [0.2, 0.25) is 0 Å². The topological polar surface area (TPSA) is 82.0 Å². The summed E-state index contributed by atoms with van der Waals surface area (Å²) in [6, 6.07) is 5.82. The van der Waals surface area contributed by atoms with Gasteiger partial charge in [-0.2, -0.15) is 0 Å². The maximum Gasteiger partial charge on any atom is 0.157 e. The summed E-state index contributed by atoms with van der Waals surface area (Å²) in [7, 11) is 0. The van der Waals surface area contributed by atoms with Gasteiger partial charge in [0, 0.05) is 5.69 Å². The largest absolute Gasteiger partial charge is 0.388 e. The van der Waals surface area contributed by atoms with Gasteiger partial charge in [-0.15, -0.1) is 0 Å². The molecule has 0 aliphatic carbocycles. The van der Waals surface area contributed by atoms with Gasteiger partial charge >= 0.3 is 0 Å². The number of aliphatic hydroxyl groups is 3. The Morgan fingerprint density at radius 3 is 2.32 bits per heavy atom. The molecule has 106 valence electrons. The second-order valence-corrected chi connectivity index (χ2v) is 5.18. The quantitative estimate of drug-likeness (QED) is 0.629. The molecule has 1 aliphatic rings. The number of ether oxygens (including phenoxy) is 1. The van der Waals surface area contributed by atoms with Crippen molar-refractivity contribution in [2.24, 2.45) is 0 Å². The van der Waals surface area contributed by atoms with Crippen molar-refractivity contribution in [1.29, 1.82) is 0 Å². The van der Waals surface area contributed by atoms with Crippen LogP contribution < -0.4 is 5.32 Å². The normalized spacial score (nSPS) is 35.2. The summed E-state index contributed by atoms with van der Waals surface area (Å²) in [4.78, 5) is 0. The third kappa shape index (κ3) is 2.90. The molecule has 4 N–H and O–H groups in total. The Balaban J connectivity index is 2.11. The average Bonchev–Trinajstić information content (AvgIpc) is 2.38. The third-order valence-electron chi connectivity index (χ3n) is 3.67. The van der Waals surface area contributed by atoms with E-state index in [0.29, 0.717) is 0 Å². The number of hydrogen-bond acceptors (Lipinski definition) is 5. The molecule has 19 heavy (non-hydrogen) atoms. The summed E-state index contributed by atoms with van der Waals surface area (Å²) in [5.41, 5.74) is 3.12. The van der Waals surface area contributed by atoms with Crippen molar-refractivity contribution in [2.45, 2.75) is 51.4 Å². The molecule has 1 heterocycles. The molecule has 1 saturated heterocycles. The zero-order valence-electron chi connectivity index (χ0n) is 11.4. The lowest BCUT2D eigenvalue weighted by atomic mass is 9.99. The fraction of sp³-hybridized carbons (Fsp3) is 0.571. The molecule has 5 nitrogen and oxygen atoms in total. The molecule has 0 radical (unpaired) electrons. The van der Waals surface area contributed by atoms with Crippen LogP contribution in [0.15, 0.2) is 18.2 Å². The van der Waals surface area contributed by atoms with Gasteiger partial charge in [0.05, 0.1) is 6.10 Å². The van der Waals surface area contributed by atoms with Gasteiger partial charge in [0.25, 0.3) is 0 Å². The second kappa shape index (κ2) is 5.46. The molecular weight excluding hydrogens is 246 g/mol. The molecule has 0 spiro atoms. The molecule has 5 heteroatoms. The molecule has 1 aromatic carbocycles. The average molecular weight is 267 g/mol. The van der Waals surface area contributed by atoms with Gasteiger partial charge in [-0.3, -0.25) is 0 Å². The van der Waals surface area contributed by atoms with Crippen LogP contribution >= 0.6 is 0 Å². The van der Waals surface area contributed by atoms with Crippen LogP contribution in [0.25, 0.3) is 0 Å². The molecule has 2 rings (SSSR count). The van der Waals surface area contributed by atoms with Crippen LogP contribution in [-0.4, -0.2) is 46.0 Å². The molecule has 1 aromatic rings. The predicted octanol–water partition coefficient (Wildman–Crippen LogP) is 0.543. The fourth-order valence-electron chi connectivity index (χ4n) is 2.17. The summed E-state index contributed by atoms with van der Waals surface area (Å²) in [5, 5.41) is 32.3. The molecule has 1 aliphatic heterocycles. The van der Waals surface area contributed by atoms with E-state index >= 15 is 0 Å². The number of nitrogens with one attached hydrogen (secondary N) is 1. The predicted molar refractivity (Wildman–Crippen MR) is 71.9 cm³/mol. The van der Waals surface area contributed by atoms with Gasteiger partial charge in [-0.25, -0.2) is 0 Å². The van der Waals surface area contributed by atoms with Crippen LogP contribution in [0.1, 0.15) is 18.1 Å². The molecule has 5 atom stereocenters. The van der Waals surface area contributed by atoms with Crippen molar-refractivity contribution < 1.29 is 20.1 Å². The highest BCUT2D eigenvalue weighted by atomic mass is 16.5. The van der Waals surface area contributed by atoms with E-state index < -0.39 is 30.6 Å². The van der Waals surface area contributed by atoms with Gasteiger partial charge in [0.1, 0.15) is 18.3 Å². The third-order valence-corrected chi connectivity index (χ3v) is 3.67. The summed E-state index contributed by atoms with van der Waals surface area (Å²) < 4.78 is 5.48. The molecule has 0 saturated carbocycles. The standard InChI is InChI=1S/C14H21NO4/c1-7-4-5-10(6-8(7)2)15-14-13(18)12(17)11(16)9(3)19-14/h4-6,9,11-18H,1-3H3/t9-,11+,12+,13+,14-/m0/s1. The number of aliphatic hydroxyl groups excluding tert-OH is 3. The second-order valence-electron chi connectivity index (χ2n) is 5.18. The summed E-state index contributed by atoms with van der Waals surface area (Å²) in [6.45, 7) is 5.68. The number of hydrogen-bond donors (Lipinski definition) is 4. The van der Waals surface area contributed by atoms with Gasteiger partial charge in [-0.05, 0) is 44.0 Å². The number of aryl methyl sites for hydroxylation is 2. The van der Waals surface area contributed by atoms with E-state index in [1.54, 1.807) is 6.92 Å². The SMILES string of the molecule is Cc1ccc(N[C@H]2O[C@@H](C)[C@@H](O)[C@@H](O)[C@H]2O)cc1C. The Morgan fingerprint density at radius 1 is 1.00 bits per heavy atom. The van der Waals surface area contributed by atoms with Crippen LogP contribution in [0.4, 0.5) is 5.69 Å². The first-order valence-electron chi connectivity index (χ1n) is 6.43. The van der Waals surface area contributed by atoms with E-state index in [-0.39, 0.29) is 0 Å². The van der Waals surface area contributed by atoms with Crippen LogP contribution in [-0.2, 0) is 4.74 Å². The van der Waals surface area contributed by atoms with E-state index in [1.807, 2.05) is 32.0 Å². The molecular formula is C14H21NO4. The maximum atomic E-state index is 9.91. The van der Waals surface area contributed by atoms with Gasteiger partial charge < -0.3 is 25.4 Å². The van der Waals surface area contributed by atoms with E-state index in [4.69, 9.17) is 4.74 Å². The maximum absolute atomic E-state index is 9.91. The smallest absolute Gasteiger partial charge is 0.157 e. The highest BCUT2D eigenvalue weighted by Crippen LogP contribution is 2.23. The molecule has 0 unspecified atom stereocenters. The minimum atomic E-state index is -1.22. The summed E-state index contributed by atoms with van der Waals surface area (Å²) >= 11 is 0. The zero-order valence-corrected chi connectivity index (χ0v) is 11.4. The fourth-order valence-corrected chi connectivity index (χ4v) is 2.17. The van der Waals surface area contributed by atoms with Crippen molar-refractivity contribution in [2.75, 3.05) is 5.32 Å². The molecule has 0 amide bonds. The Labute approximate surface area is 112 Å². The Bertz CT molecular complexity index is 451. The first-order valence-corrected chi connectivity index (χ1v) is 6.43. The van der Waals surface area contributed by atoms with Crippen molar-refractivity contribution in [3.05, 3.63) is 29.3 Å². The van der Waals surface area contributed by atoms with Crippen molar-refractivity contribution >= 4 is 5.69 Å². The van der Waals surface area contributed by atoms with E-state index in [0.717, 1.165) is 11.3 Å². The van der Waals surface area contributed by atoms with E-state index in [9.17, 15) is 15.3 Å². The number of benzene rings is 1. The minimum absolute atomic E-state index is 0.539. The molecule has 0 bridgehead atoms. The summed E-state index contributed by atoms with van der Waals surface area (Å²) in [6.07, 6.45) is -4.74. The lowest BCUT2D eigenvalue weighted by molar-refractivity contribution is -0.209. The van der Waals surface area contributed by atoms with Crippen LogP contribution in [0, 0.1) is 13.8 Å². The van der Waals surface area contributed by atoms with E-state index in [2.05, 4.69) is 5.32 Å². The highest BCUT2D eigenvalue weighted by Gasteiger charge is 2.41. The van der Waals surface area contributed by atoms with Crippen LogP contribution in [0.3, 0.4) is 0 Å². The Morgan fingerprint density at radius 2 is 1.68 bits per heavy atom. The Kier molecular flexibility index (Phi) is 4.10. The van der Waals surface area contributed by atoms with Crippen molar-refractivity contribution in [3.8, 4) is 0 Å². The lowest BCUT2D eigenvalue weighted by Crippen LogP contribution is -2.58. The first kappa shape index (κ1) is 14.3. The van der Waals surface area contributed by atoms with Gasteiger partial charge in [0.15, 0.2) is 6.23 Å². The zero-order chi connectivity index (χ0) is 14.2. The van der Waals surface area contributed by atoms with Crippen molar-refractivity contribution in [1.82, 2.24) is 0 Å². The van der Waals surface area contributed by atoms with Crippen molar-refractivity contribution in [3.63, 3.8) is 0 Å². The molecule has 1 fully saturated rings. The number of rotatable bonds is 2. The Hall–Kier alpha value is -1.14. The first-order chi connectivity index (χ1) is 8.90. The van der Waals surface area contributed by atoms with Gasteiger partial charge in [-0.1, -0.05) is 6.07 Å². The molecule has 0 aromatic heterocycles. The van der Waals surface area contributed by atoms with E-state index in [1.165, 1.54) is 5.56 Å². The van der Waals surface area contributed by atoms with Crippen LogP contribution in [0.5, 0.6) is 0 Å². The summed E-state index contributed by atoms with van der Waals surface area (Å²) in [5.74, 6) is 0.